The summed E-state index contributed by atoms with van der Waals surface area (Å²) in [6.45, 7) is -1.68. The van der Waals surface area contributed by atoms with Crippen molar-refractivity contribution in [3.63, 3.8) is 0 Å². The minimum Gasteiger partial charge on any atom is -0.482 e. The van der Waals surface area contributed by atoms with Crippen molar-refractivity contribution in [2.24, 2.45) is 0 Å². The van der Waals surface area contributed by atoms with Crippen molar-refractivity contribution in [2.45, 2.75) is 61.4 Å². The van der Waals surface area contributed by atoms with E-state index in [9.17, 15) is 45.3 Å². The smallest absolute Gasteiger partial charge is 0.338 e. The second-order valence-electron chi connectivity index (χ2n) is 11.1. The Morgan fingerprint density at radius 1 is 0.604 bits per heavy atom. The van der Waals surface area contributed by atoms with Crippen LogP contribution in [-0.4, -0.2) is 129 Å². The average molecular weight is 673 g/mol. The number of aliphatic hydroxyl groups excluding tert-OH is 7. The van der Waals surface area contributed by atoms with Crippen molar-refractivity contribution in [2.75, 3.05) is 19.8 Å². The highest BCUT2D eigenvalue weighted by atomic mass is 16.7. The monoisotopic (exact) mass is 672 g/mol. The Labute approximate surface area is 274 Å². The van der Waals surface area contributed by atoms with E-state index >= 15 is 0 Å². The van der Waals surface area contributed by atoms with Gasteiger partial charge in [0.2, 0.25) is 18.4 Å². The van der Waals surface area contributed by atoms with E-state index in [1.165, 1.54) is 36.4 Å². The van der Waals surface area contributed by atoms with Gasteiger partial charge in [0.25, 0.3) is 0 Å². The molecule has 2 aliphatic heterocycles. The number of carbonyl (C=O) groups excluding carboxylic acids is 2. The van der Waals surface area contributed by atoms with Gasteiger partial charge in [-0.05, 0) is 36.4 Å². The molecule has 0 saturated carbocycles. The largest absolute Gasteiger partial charge is 0.482 e. The summed E-state index contributed by atoms with van der Waals surface area (Å²) in [7, 11) is 0. The molecular weight excluding hydrogens is 636 g/mol. The van der Waals surface area contributed by atoms with Crippen LogP contribution in [0.2, 0.25) is 0 Å². The van der Waals surface area contributed by atoms with Gasteiger partial charge in [-0.15, -0.1) is 0 Å². The zero-order chi connectivity index (χ0) is 34.4. The van der Waals surface area contributed by atoms with Crippen molar-refractivity contribution >= 4 is 11.8 Å². The molecule has 0 bridgehead atoms. The highest BCUT2D eigenvalue weighted by molar-refractivity contribution is 5.99. The predicted molar refractivity (Wildman–Crippen MR) is 161 cm³/mol. The number of Topliss-reactive ketones (excluding diaryl/α,β-unsaturated/α-hetero) is 1. The lowest BCUT2D eigenvalue weighted by molar-refractivity contribution is -0.277. The van der Waals surface area contributed by atoms with Crippen LogP contribution in [0.1, 0.15) is 20.7 Å². The summed E-state index contributed by atoms with van der Waals surface area (Å²) in [6.07, 6.45) is -15.6. The van der Waals surface area contributed by atoms with Crippen molar-refractivity contribution in [1.29, 1.82) is 0 Å². The molecule has 0 amide bonds. The Morgan fingerprint density at radius 3 is 1.77 bits per heavy atom. The second kappa shape index (κ2) is 15.8. The van der Waals surface area contributed by atoms with Gasteiger partial charge in [0.15, 0.2) is 18.1 Å². The molecular formula is C33H36O15. The van der Waals surface area contributed by atoms with Gasteiger partial charge in [0, 0.05) is 0 Å². The van der Waals surface area contributed by atoms with Crippen LogP contribution >= 0.6 is 0 Å². The topological polar surface area (TPSA) is 231 Å². The van der Waals surface area contributed by atoms with E-state index < -0.39 is 93.0 Å². The second-order valence-corrected chi connectivity index (χ2v) is 11.1. The first-order valence-corrected chi connectivity index (χ1v) is 15.0. The van der Waals surface area contributed by atoms with Crippen LogP contribution in [-0.2, 0) is 14.2 Å². The average Bonchev–Trinajstić information content (AvgIpc) is 3.11. The maximum Gasteiger partial charge on any atom is 0.338 e. The van der Waals surface area contributed by atoms with Crippen LogP contribution in [0, 0.1) is 0 Å². The highest BCUT2D eigenvalue weighted by Crippen LogP contribution is 2.32. The normalized spacial score (nSPS) is 30.2. The van der Waals surface area contributed by atoms with Gasteiger partial charge in [0.05, 0.1) is 17.7 Å². The number of hydrogen-bond acceptors (Lipinski definition) is 15. The maximum atomic E-state index is 13.3. The van der Waals surface area contributed by atoms with E-state index in [-0.39, 0.29) is 28.4 Å². The summed E-state index contributed by atoms with van der Waals surface area (Å²) < 4.78 is 33.5. The number of hydrogen-bond donors (Lipinski definition) is 7. The summed E-state index contributed by atoms with van der Waals surface area (Å²) in [5.41, 5.74) is 0.266. The molecule has 2 fully saturated rings. The van der Waals surface area contributed by atoms with Crippen LogP contribution in [0.25, 0.3) is 0 Å². The molecule has 0 radical (unpaired) electrons. The molecule has 0 aromatic heterocycles. The Balaban J connectivity index is 1.23. The van der Waals surface area contributed by atoms with Gasteiger partial charge in [-0.1, -0.05) is 42.5 Å². The zero-order valence-electron chi connectivity index (χ0n) is 25.3. The lowest BCUT2D eigenvalue weighted by Gasteiger charge is -2.40. The third-order valence-corrected chi connectivity index (χ3v) is 7.79. The van der Waals surface area contributed by atoms with Crippen LogP contribution in [0.5, 0.6) is 17.2 Å². The number of rotatable bonds is 12. The Bertz CT molecular complexity index is 1520. The van der Waals surface area contributed by atoms with E-state index in [4.69, 9.17) is 28.4 Å². The molecule has 0 unspecified atom stereocenters. The van der Waals surface area contributed by atoms with Crippen molar-refractivity contribution in [3.05, 3.63) is 90.0 Å². The molecule has 258 valence electrons. The SMILES string of the molecule is O=C(OC[C@H]1O[C@@H](Oc2ccccc2C(=O)COc2ccccc2O[C@@H]2O[C@H](CO)[C@@H](O)[C@@H](O)[C@H]2O)[C@H](O)[C@H](O)[C@@H]1O)c1ccccc1. The fourth-order valence-electron chi connectivity index (χ4n) is 5.07. The van der Waals surface area contributed by atoms with Crippen LogP contribution in [0.15, 0.2) is 78.9 Å². The number of benzene rings is 3. The first-order chi connectivity index (χ1) is 23.1. The minimum atomic E-state index is -1.74. The molecule has 3 aromatic carbocycles. The first kappa shape index (κ1) is 35.2. The quantitative estimate of drug-likeness (QED) is 0.0920. The molecule has 2 saturated heterocycles. The summed E-state index contributed by atoms with van der Waals surface area (Å²) >= 11 is 0. The molecule has 3 aromatic rings. The summed E-state index contributed by atoms with van der Waals surface area (Å²) in [4.78, 5) is 25.7. The third-order valence-electron chi connectivity index (χ3n) is 7.79. The third kappa shape index (κ3) is 7.92. The van der Waals surface area contributed by atoms with E-state index in [2.05, 4.69) is 0 Å². The van der Waals surface area contributed by atoms with E-state index in [0.717, 1.165) is 0 Å². The Morgan fingerprint density at radius 2 is 1.12 bits per heavy atom. The fourth-order valence-corrected chi connectivity index (χ4v) is 5.07. The summed E-state index contributed by atoms with van der Waals surface area (Å²) in [5, 5.41) is 71.5. The fraction of sp³-hybridized carbons (Fsp3) is 0.394. The van der Waals surface area contributed by atoms with Gasteiger partial charge in [-0.25, -0.2) is 4.79 Å². The highest BCUT2D eigenvalue weighted by Gasteiger charge is 2.46. The number of aliphatic hydroxyl groups is 7. The molecule has 48 heavy (non-hydrogen) atoms. The number of esters is 1. The van der Waals surface area contributed by atoms with E-state index in [1.54, 1.807) is 42.5 Å². The minimum absolute atomic E-state index is 0.00769. The molecule has 15 nitrogen and oxygen atoms in total. The van der Waals surface area contributed by atoms with Crippen molar-refractivity contribution < 1.29 is 73.8 Å². The summed E-state index contributed by atoms with van der Waals surface area (Å²) in [5.74, 6) is -1.26. The van der Waals surface area contributed by atoms with Crippen LogP contribution in [0.4, 0.5) is 0 Å². The number of para-hydroxylation sites is 3. The number of carbonyl (C=O) groups is 2. The number of ketones is 1. The van der Waals surface area contributed by atoms with Gasteiger partial charge in [0.1, 0.15) is 61.2 Å². The standard InChI is InChI=1S/C33H36O15/c34-14-23-25(36)27(38)29(40)33(47-23)46-22-13-7-6-12-21(22)43-15-19(35)18-10-4-5-11-20(18)45-32-30(41)28(39)26(37)24(48-32)16-44-31(42)17-8-2-1-3-9-17/h1-13,23-30,32-34,36-41H,14-16H2/t23-,24-,25-,26-,27-,28-,29-,30-,32-,33-/m1/s1. The number of ether oxygens (including phenoxy) is 6. The van der Waals surface area contributed by atoms with Gasteiger partial charge in [-0.3, -0.25) is 4.79 Å². The van der Waals surface area contributed by atoms with Crippen molar-refractivity contribution in [1.82, 2.24) is 0 Å². The lowest BCUT2D eigenvalue weighted by Crippen LogP contribution is -2.60. The van der Waals surface area contributed by atoms with Gasteiger partial charge in [-0.2, -0.15) is 0 Å². The molecule has 2 aliphatic rings. The molecule has 5 rings (SSSR count). The van der Waals surface area contributed by atoms with Gasteiger partial charge < -0.3 is 64.2 Å². The lowest BCUT2D eigenvalue weighted by atomic mass is 9.99. The van der Waals surface area contributed by atoms with Gasteiger partial charge >= 0.3 is 5.97 Å². The van der Waals surface area contributed by atoms with Crippen LogP contribution < -0.4 is 14.2 Å². The van der Waals surface area contributed by atoms with Crippen LogP contribution in [0.3, 0.4) is 0 Å². The first-order valence-electron chi connectivity index (χ1n) is 15.0. The molecule has 0 spiro atoms. The molecule has 7 N–H and O–H groups in total. The molecule has 15 heteroatoms. The molecule has 0 aliphatic carbocycles. The Kier molecular flexibility index (Phi) is 11.6. The van der Waals surface area contributed by atoms with Crippen molar-refractivity contribution in [3.8, 4) is 17.2 Å². The molecule has 10 atom stereocenters. The van der Waals surface area contributed by atoms with E-state index in [1.807, 2.05) is 0 Å². The zero-order valence-corrected chi connectivity index (χ0v) is 25.3. The maximum absolute atomic E-state index is 13.3. The predicted octanol–water partition coefficient (Wildman–Crippen LogP) is -0.830. The summed E-state index contributed by atoms with van der Waals surface area (Å²) in [6, 6.07) is 20.1. The molecule has 2 heterocycles. The van der Waals surface area contributed by atoms with E-state index in [0.29, 0.717) is 0 Å². The Hall–Kier alpha value is -4.16.